The second kappa shape index (κ2) is 10.7. The fraction of sp³-hybridized carbons (Fsp3) is 0.656. The van der Waals surface area contributed by atoms with Gasteiger partial charge in [-0.1, -0.05) is 13.3 Å². The van der Waals surface area contributed by atoms with Gasteiger partial charge in [0.25, 0.3) is 0 Å². The van der Waals surface area contributed by atoms with Crippen molar-refractivity contribution in [1.29, 1.82) is 0 Å². The molecule has 4 saturated carbocycles. The maximum atomic E-state index is 14.9. The maximum Gasteiger partial charge on any atom is 0.417 e. The summed E-state index contributed by atoms with van der Waals surface area (Å²) in [6.45, 7) is 2.31. The third-order valence-corrected chi connectivity index (χ3v) is 11.4. The lowest BCUT2D eigenvalue weighted by Crippen LogP contribution is -2.74. The molecule has 1 aromatic rings. The summed E-state index contributed by atoms with van der Waals surface area (Å²) in [4.78, 5) is 70.0. The number of hydrogen-bond acceptors (Lipinski definition) is 9. The first-order valence-electron chi connectivity index (χ1n) is 15.6. The number of ketones is 4. The lowest BCUT2D eigenvalue weighted by molar-refractivity contribution is -0.181. The molecular weight excluding hydrogens is 595 g/mol. The summed E-state index contributed by atoms with van der Waals surface area (Å²) in [7, 11) is 2.88. The fourth-order valence-electron chi connectivity index (χ4n) is 9.56. The van der Waals surface area contributed by atoms with Crippen LogP contribution in [0.5, 0.6) is 5.75 Å². The van der Waals surface area contributed by atoms with Gasteiger partial charge in [-0.25, -0.2) is 0 Å². The molecule has 0 aliphatic heterocycles. The molecule has 4 unspecified atom stereocenters. The number of carbonyl (C=O) groups excluding carboxylic acids is 5. The zero-order valence-corrected chi connectivity index (χ0v) is 25.4. The molecule has 5 aliphatic rings. The largest absolute Gasteiger partial charge is 0.507 e. The van der Waals surface area contributed by atoms with E-state index in [0.717, 1.165) is 31.7 Å². The topological polar surface area (TPSA) is 158 Å². The molecule has 4 fully saturated rings. The van der Waals surface area contributed by atoms with Gasteiger partial charge >= 0.3 is 6.18 Å². The molecule has 0 aromatic heterocycles. The number of nitrogens with two attached hydrogens (primary N) is 1. The van der Waals surface area contributed by atoms with Crippen molar-refractivity contribution in [2.24, 2.45) is 41.2 Å². The number of primary amides is 1. The second-order valence-electron chi connectivity index (χ2n) is 13.9. The molecule has 1 amide bonds. The number of carbonyl (C=O) groups is 5. The number of aliphatic hydroxyl groups is 1. The molecular formula is C32H38F3N3O7. The smallest absolute Gasteiger partial charge is 0.417 e. The Labute approximate surface area is 258 Å². The van der Waals surface area contributed by atoms with Gasteiger partial charge in [0.15, 0.2) is 34.7 Å². The van der Waals surface area contributed by atoms with Gasteiger partial charge in [0.05, 0.1) is 23.1 Å². The molecule has 5 aliphatic carbocycles. The van der Waals surface area contributed by atoms with E-state index in [1.54, 1.807) is 0 Å². The number of nitrogens with zero attached hydrogens (tertiary/aromatic N) is 2. The first kappa shape index (κ1) is 31.8. The van der Waals surface area contributed by atoms with Gasteiger partial charge in [0.1, 0.15) is 5.75 Å². The van der Waals surface area contributed by atoms with Crippen molar-refractivity contribution in [3.8, 4) is 5.75 Å². The SMILES string of the molecule is CCN(Cc1cc(O)c2c(c1C(F)(F)F)C[C@H]1C[C@H]3[C@H](N(C)C)C(=O)C(C(N)=O)C(=O)[C@@]3(O)C(=O)C1C2=O)[C@H]1CC2CCC1C2. The number of phenols is 1. The van der Waals surface area contributed by atoms with Crippen molar-refractivity contribution in [1.82, 2.24) is 9.80 Å². The normalized spacial score (nSPS) is 36.0. The number of phenolic OH excluding ortho intramolecular Hbond substituents is 1. The number of amides is 1. The molecule has 0 spiro atoms. The highest BCUT2D eigenvalue weighted by Gasteiger charge is 2.69. The maximum absolute atomic E-state index is 14.9. The summed E-state index contributed by atoms with van der Waals surface area (Å²) in [5.41, 5.74) is 0.122. The Bertz CT molecular complexity index is 1510. The summed E-state index contributed by atoms with van der Waals surface area (Å²) in [6, 6.07) is -0.259. The number of fused-ring (bicyclic) bond motifs is 5. The van der Waals surface area contributed by atoms with Crippen molar-refractivity contribution in [3.05, 3.63) is 28.3 Å². The van der Waals surface area contributed by atoms with E-state index < -0.39 is 99.4 Å². The lowest BCUT2D eigenvalue weighted by atomic mass is 9.52. The minimum absolute atomic E-state index is 0.0795. The zero-order chi connectivity index (χ0) is 32.9. The van der Waals surface area contributed by atoms with Crippen LogP contribution in [-0.2, 0) is 38.3 Å². The summed E-state index contributed by atoms with van der Waals surface area (Å²) in [5.74, 6) is -12.3. The van der Waals surface area contributed by atoms with E-state index in [0.29, 0.717) is 18.4 Å². The van der Waals surface area contributed by atoms with Crippen LogP contribution in [0.1, 0.15) is 66.1 Å². The van der Waals surface area contributed by atoms with Crippen LogP contribution >= 0.6 is 0 Å². The highest BCUT2D eigenvalue weighted by atomic mass is 19.4. The summed E-state index contributed by atoms with van der Waals surface area (Å²) >= 11 is 0. The number of likely N-dealkylation sites (N-methyl/N-ethyl adjacent to an activating group) is 1. The van der Waals surface area contributed by atoms with Gasteiger partial charge < -0.3 is 15.9 Å². The molecule has 0 radical (unpaired) electrons. The number of Topliss-reactive ketones (excluding diaryl/α,β-unsaturated/α-hetero) is 4. The van der Waals surface area contributed by atoms with Crippen LogP contribution in [0, 0.1) is 35.5 Å². The molecule has 0 heterocycles. The summed E-state index contributed by atoms with van der Waals surface area (Å²) in [5, 5.41) is 22.8. The van der Waals surface area contributed by atoms with Crippen LogP contribution in [0.4, 0.5) is 13.2 Å². The van der Waals surface area contributed by atoms with Crippen molar-refractivity contribution in [2.45, 2.75) is 75.9 Å². The quantitative estimate of drug-likeness (QED) is 0.398. The van der Waals surface area contributed by atoms with Crippen LogP contribution in [0.15, 0.2) is 6.07 Å². The number of alkyl halides is 3. The zero-order valence-electron chi connectivity index (χ0n) is 25.4. The van der Waals surface area contributed by atoms with Gasteiger partial charge in [-0.3, -0.25) is 33.8 Å². The van der Waals surface area contributed by atoms with Crippen molar-refractivity contribution < 1.29 is 47.4 Å². The molecule has 1 aromatic carbocycles. The first-order chi connectivity index (χ1) is 21.0. The van der Waals surface area contributed by atoms with E-state index >= 15 is 0 Å². The van der Waals surface area contributed by atoms with Crippen molar-refractivity contribution >= 4 is 29.0 Å². The Hall–Kier alpha value is -3.16. The molecule has 2 bridgehead atoms. The van der Waals surface area contributed by atoms with E-state index in [1.165, 1.54) is 19.0 Å². The number of aromatic hydroxyl groups is 1. The van der Waals surface area contributed by atoms with Gasteiger partial charge in [-0.05, 0) is 87.7 Å². The van der Waals surface area contributed by atoms with Crippen LogP contribution in [0.3, 0.4) is 0 Å². The van der Waals surface area contributed by atoms with E-state index in [1.807, 2.05) is 11.8 Å². The molecule has 9 atom stereocenters. The number of benzene rings is 1. The molecule has 0 saturated heterocycles. The van der Waals surface area contributed by atoms with Gasteiger partial charge in [0, 0.05) is 18.5 Å². The number of halogens is 3. The Morgan fingerprint density at radius 2 is 1.76 bits per heavy atom. The Kier molecular flexibility index (Phi) is 7.56. The Balaban J connectivity index is 1.44. The van der Waals surface area contributed by atoms with Gasteiger partial charge in [-0.2, -0.15) is 13.2 Å². The average Bonchev–Trinajstić information content (AvgIpc) is 3.56. The molecule has 13 heteroatoms. The average molecular weight is 634 g/mol. The van der Waals surface area contributed by atoms with Crippen molar-refractivity contribution in [2.75, 3.05) is 20.6 Å². The Morgan fingerprint density at radius 3 is 2.29 bits per heavy atom. The third-order valence-electron chi connectivity index (χ3n) is 11.4. The minimum Gasteiger partial charge on any atom is -0.507 e. The van der Waals surface area contributed by atoms with Gasteiger partial charge in [-0.15, -0.1) is 0 Å². The Morgan fingerprint density at radius 1 is 1.07 bits per heavy atom. The van der Waals surface area contributed by atoms with E-state index in [-0.39, 0.29) is 24.6 Å². The number of hydrogen-bond donors (Lipinski definition) is 3. The third kappa shape index (κ3) is 4.59. The van der Waals surface area contributed by atoms with Crippen LogP contribution in [-0.4, -0.2) is 87.4 Å². The predicted molar refractivity (Wildman–Crippen MR) is 152 cm³/mol. The van der Waals surface area contributed by atoms with Gasteiger partial charge in [0.2, 0.25) is 5.91 Å². The highest BCUT2D eigenvalue weighted by molar-refractivity contribution is 6.32. The number of rotatable bonds is 6. The van der Waals surface area contributed by atoms with Crippen LogP contribution < -0.4 is 5.73 Å². The molecule has 45 heavy (non-hydrogen) atoms. The molecule has 4 N–H and O–H groups in total. The second-order valence-corrected chi connectivity index (χ2v) is 13.9. The van der Waals surface area contributed by atoms with E-state index in [9.17, 15) is 47.4 Å². The standard InChI is InChI=1S/C32H38F3N3O7/c1-4-38(19-8-13-5-6-14(19)7-13)12-16-11-20(39)22-17(24(16)32(33,34)35)9-15-10-18-25(37(2)3)27(41)23(30(36)44)29(43)31(18,45)28(42)21(15)26(22)40/h11,13-15,18-19,21,23,25,39,45H,4-10,12H2,1-3H3,(H2,36,44)/t13?,14?,15-,18-,19-,21?,23?,25-,31-/m0/s1. The van der Waals surface area contributed by atoms with Crippen LogP contribution in [0.2, 0.25) is 0 Å². The monoisotopic (exact) mass is 633 g/mol. The first-order valence-corrected chi connectivity index (χ1v) is 15.6. The van der Waals surface area contributed by atoms with E-state index in [4.69, 9.17) is 5.73 Å². The molecule has 244 valence electrons. The summed E-state index contributed by atoms with van der Waals surface area (Å²) in [6.07, 6.45) is -1.54. The fourth-order valence-corrected chi connectivity index (χ4v) is 9.56. The van der Waals surface area contributed by atoms with Crippen molar-refractivity contribution in [3.63, 3.8) is 0 Å². The predicted octanol–water partition coefficient (Wildman–Crippen LogP) is 1.90. The highest BCUT2D eigenvalue weighted by Crippen LogP contribution is 2.53. The minimum atomic E-state index is -4.90. The molecule has 10 nitrogen and oxygen atoms in total. The van der Waals surface area contributed by atoms with E-state index in [2.05, 4.69) is 0 Å². The lowest BCUT2D eigenvalue weighted by Gasteiger charge is -2.52. The van der Waals surface area contributed by atoms with Crippen LogP contribution in [0.25, 0.3) is 0 Å². The molecule has 6 rings (SSSR count). The summed E-state index contributed by atoms with van der Waals surface area (Å²) < 4.78 is 44.8.